The zero-order valence-corrected chi connectivity index (χ0v) is 11.2. The van der Waals surface area contributed by atoms with Gasteiger partial charge in [0.15, 0.2) is 5.82 Å². The molecule has 19 heavy (non-hydrogen) atoms. The van der Waals surface area contributed by atoms with Gasteiger partial charge in [-0.05, 0) is 24.6 Å². The van der Waals surface area contributed by atoms with Crippen LogP contribution in [0.25, 0.3) is 0 Å². The van der Waals surface area contributed by atoms with Crippen LogP contribution in [-0.2, 0) is 7.05 Å². The number of rotatable bonds is 2. The van der Waals surface area contributed by atoms with E-state index in [1.807, 2.05) is 13.0 Å². The number of amides is 1. The molecule has 1 heterocycles. The smallest absolute Gasteiger partial charge is 0.257 e. The first-order valence-electron chi connectivity index (χ1n) is 5.52. The van der Waals surface area contributed by atoms with Crippen LogP contribution in [0.5, 0.6) is 0 Å². The Morgan fingerprint density at radius 1 is 1.53 bits per heavy atom. The van der Waals surface area contributed by atoms with E-state index in [1.165, 1.54) is 4.68 Å². The normalized spacial score (nSPS) is 10.0. The molecule has 0 atom stereocenters. The molecular weight excluding hydrogens is 264 g/mol. The zero-order chi connectivity index (χ0) is 14.0. The van der Waals surface area contributed by atoms with Crippen LogP contribution in [0, 0.1) is 18.3 Å². The lowest BCUT2D eigenvalue weighted by Crippen LogP contribution is -2.14. The predicted molar refractivity (Wildman–Crippen MR) is 72.1 cm³/mol. The molecule has 0 aliphatic rings. The summed E-state index contributed by atoms with van der Waals surface area (Å²) in [6.07, 6.45) is 1.54. The van der Waals surface area contributed by atoms with Crippen LogP contribution in [0.3, 0.4) is 0 Å². The summed E-state index contributed by atoms with van der Waals surface area (Å²) in [5, 5.41) is 16.1. The lowest BCUT2D eigenvalue weighted by atomic mass is 10.1. The molecule has 1 amide bonds. The van der Waals surface area contributed by atoms with Crippen molar-refractivity contribution in [3.05, 3.63) is 46.1 Å². The maximum Gasteiger partial charge on any atom is 0.257 e. The van der Waals surface area contributed by atoms with E-state index in [0.29, 0.717) is 16.1 Å². The monoisotopic (exact) mass is 274 g/mol. The van der Waals surface area contributed by atoms with Crippen LogP contribution in [0.4, 0.5) is 5.82 Å². The van der Waals surface area contributed by atoms with Crippen LogP contribution >= 0.6 is 11.6 Å². The van der Waals surface area contributed by atoms with Crippen molar-refractivity contribution in [2.75, 3.05) is 5.32 Å². The van der Waals surface area contributed by atoms with Crippen LogP contribution in [-0.4, -0.2) is 15.7 Å². The van der Waals surface area contributed by atoms with Gasteiger partial charge >= 0.3 is 0 Å². The lowest BCUT2D eigenvalue weighted by molar-refractivity contribution is 0.102. The number of hydrogen-bond acceptors (Lipinski definition) is 3. The Morgan fingerprint density at radius 2 is 2.26 bits per heavy atom. The molecule has 0 unspecified atom stereocenters. The van der Waals surface area contributed by atoms with Gasteiger partial charge in [0.2, 0.25) is 0 Å². The zero-order valence-electron chi connectivity index (χ0n) is 10.4. The first-order chi connectivity index (χ1) is 9.01. The molecule has 0 spiro atoms. The maximum absolute atomic E-state index is 12.1. The molecule has 0 fully saturated rings. The minimum Gasteiger partial charge on any atom is -0.304 e. The third kappa shape index (κ3) is 2.75. The summed E-state index contributed by atoms with van der Waals surface area (Å²) < 4.78 is 1.47. The highest BCUT2D eigenvalue weighted by Gasteiger charge is 2.14. The fourth-order valence-corrected chi connectivity index (χ4v) is 1.85. The molecule has 1 N–H and O–H groups in total. The van der Waals surface area contributed by atoms with Crippen LogP contribution in [0.15, 0.2) is 24.4 Å². The molecule has 1 aromatic heterocycles. The van der Waals surface area contributed by atoms with Gasteiger partial charge < -0.3 is 5.32 Å². The Bertz CT molecular complexity index is 684. The standard InChI is InChI=1S/C13H11ClN4O/c1-8-3-4-10(14)5-11(8)13(19)16-12-9(6-15)7-18(2)17-12/h3-5,7H,1-2H3,(H,16,17,19). The number of nitrogens with zero attached hydrogens (tertiary/aromatic N) is 3. The van der Waals surface area contributed by atoms with Gasteiger partial charge in [0.05, 0.1) is 0 Å². The Kier molecular flexibility index (Phi) is 3.54. The fraction of sp³-hybridized carbons (Fsp3) is 0.154. The molecule has 6 heteroatoms. The van der Waals surface area contributed by atoms with E-state index >= 15 is 0 Å². The lowest BCUT2D eigenvalue weighted by Gasteiger charge is -2.06. The van der Waals surface area contributed by atoms with Gasteiger partial charge in [0.1, 0.15) is 11.6 Å². The number of aryl methyl sites for hydroxylation is 2. The van der Waals surface area contributed by atoms with Crippen LogP contribution in [0.1, 0.15) is 21.5 Å². The highest BCUT2D eigenvalue weighted by molar-refractivity contribution is 6.31. The van der Waals surface area contributed by atoms with E-state index in [9.17, 15) is 4.79 Å². The minimum absolute atomic E-state index is 0.245. The topological polar surface area (TPSA) is 70.7 Å². The molecule has 2 aromatic rings. The van der Waals surface area contributed by atoms with Crippen molar-refractivity contribution >= 4 is 23.3 Å². The molecule has 5 nitrogen and oxygen atoms in total. The summed E-state index contributed by atoms with van der Waals surface area (Å²) in [7, 11) is 1.68. The first kappa shape index (κ1) is 13.1. The Hall–Kier alpha value is -2.32. The summed E-state index contributed by atoms with van der Waals surface area (Å²) in [4.78, 5) is 12.1. The van der Waals surface area contributed by atoms with E-state index in [-0.39, 0.29) is 11.7 Å². The number of halogens is 1. The van der Waals surface area contributed by atoms with Crippen molar-refractivity contribution < 1.29 is 4.79 Å². The molecule has 2 rings (SSSR count). The van der Waals surface area contributed by atoms with Gasteiger partial charge in [-0.15, -0.1) is 0 Å². The molecular formula is C13H11ClN4O. The van der Waals surface area contributed by atoms with Crippen LogP contribution in [0.2, 0.25) is 5.02 Å². The maximum atomic E-state index is 12.1. The molecule has 1 aromatic carbocycles. The summed E-state index contributed by atoms with van der Waals surface area (Å²) in [5.74, 6) is -0.0930. The summed E-state index contributed by atoms with van der Waals surface area (Å²) in [5.41, 5.74) is 1.58. The largest absolute Gasteiger partial charge is 0.304 e. The summed E-state index contributed by atoms with van der Waals surface area (Å²) in [6.45, 7) is 1.81. The van der Waals surface area contributed by atoms with Gasteiger partial charge in [-0.3, -0.25) is 9.48 Å². The van der Waals surface area contributed by atoms with Crippen molar-refractivity contribution in [3.63, 3.8) is 0 Å². The Labute approximate surface area is 115 Å². The van der Waals surface area contributed by atoms with E-state index < -0.39 is 0 Å². The number of anilines is 1. The molecule has 0 bridgehead atoms. The number of benzene rings is 1. The number of carbonyl (C=O) groups is 1. The van der Waals surface area contributed by atoms with Crippen molar-refractivity contribution in [1.82, 2.24) is 9.78 Å². The summed E-state index contributed by atoms with van der Waals surface area (Å²) in [6, 6.07) is 7.04. The van der Waals surface area contributed by atoms with Gasteiger partial charge in [0.25, 0.3) is 5.91 Å². The quantitative estimate of drug-likeness (QED) is 0.915. The van der Waals surface area contributed by atoms with Crippen molar-refractivity contribution in [3.8, 4) is 6.07 Å². The number of carbonyl (C=O) groups excluding carboxylic acids is 1. The molecule has 0 radical (unpaired) electrons. The molecule has 0 saturated carbocycles. The average Bonchev–Trinajstić information content (AvgIpc) is 2.72. The number of nitriles is 1. The van der Waals surface area contributed by atoms with E-state index in [2.05, 4.69) is 10.4 Å². The number of hydrogen-bond donors (Lipinski definition) is 1. The van der Waals surface area contributed by atoms with Gasteiger partial charge in [-0.2, -0.15) is 10.4 Å². The number of aromatic nitrogens is 2. The molecule has 0 aliphatic carbocycles. The van der Waals surface area contributed by atoms with Gasteiger partial charge in [0, 0.05) is 23.8 Å². The van der Waals surface area contributed by atoms with Crippen molar-refractivity contribution in [1.29, 1.82) is 5.26 Å². The second-order valence-electron chi connectivity index (χ2n) is 4.09. The Morgan fingerprint density at radius 3 is 2.95 bits per heavy atom. The minimum atomic E-state index is -0.338. The van der Waals surface area contributed by atoms with E-state index in [4.69, 9.17) is 16.9 Å². The third-order valence-electron chi connectivity index (χ3n) is 2.63. The van der Waals surface area contributed by atoms with Crippen molar-refractivity contribution in [2.24, 2.45) is 7.05 Å². The summed E-state index contributed by atoms with van der Waals surface area (Å²) >= 11 is 5.87. The second-order valence-corrected chi connectivity index (χ2v) is 4.53. The first-order valence-corrected chi connectivity index (χ1v) is 5.90. The third-order valence-corrected chi connectivity index (χ3v) is 2.86. The molecule has 0 saturated heterocycles. The van der Waals surface area contributed by atoms with E-state index in [1.54, 1.807) is 31.4 Å². The van der Waals surface area contributed by atoms with Gasteiger partial charge in [-0.1, -0.05) is 17.7 Å². The van der Waals surface area contributed by atoms with Crippen molar-refractivity contribution in [2.45, 2.75) is 6.92 Å². The molecule has 96 valence electrons. The SMILES string of the molecule is Cc1ccc(Cl)cc1C(=O)Nc1nn(C)cc1C#N. The highest BCUT2D eigenvalue weighted by Crippen LogP contribution is 2.18. The predicted octanol–water partition coefficient (Wildman–Crippen LogP) is 2.51. The Balaban J connectivity index is 2.31. The second kappa shape index (κ2) is 5.12. The highest BCUT2D eigenvalue weighted by atomic mass is 35.5. The van der Waals surface area contributed by atoms with Crippen LogP contribution < -0.4 is 5.32 Å². The average molecular weight is 275 g/mol. The van der Waals surface area contributed by atoms with E-state index in [0.717, 1.165) is 5.56 Å². The molecule has 0 aliphatic heterocycles. The van der Waals surface area contributed by atoms with Gasteiger partial charge in [-0.25, -0.2) is 0 Å². The fourth-order valence-electron chi connectivity index (χ4n) is 1.68. The number of nitrogens with one attached hydrogen (secondary N) is 1.